The molecule has 0 aromatic carbocycles. The summed E-state index contributed by atoms with van der Waals surface area (Å²) in [5, 5.41) is 7.49. The molecule has 0 fully saturated rings. The predicted molar refractivity (Wildman–Crippen MR) is 59.2 cm³/mol. The molecule has 0 aliphatic heterocycles. The van der Waals surface area contributed by atoms with E-state index in [-0.39, 0.29) is 18.3 Å². The zero-order chi connectivity index (χ0) is 12.3. The van der Waals surface area contributed by atoms with E-state index < -0.39 is 10.0 Å². The second-order valence-electron chi connectivity index (χ2n) is 3.31. The molecular formula is C9H10N4O3S. The van der Waals surface area contributed by atoms with Gasteiger partial charge in [-0.05, 0) is 12.1 Å². The lowest BCUT2D eigenvalue weighted by atomic mass is 10.3. The molecule has 1 N–H and O–H groups in total. The Hall–Kier alpha value is -1.80. The minimum atomic E-state index is -3.27. The predicted octanol–water partition coefficient (Wildman–Crippen LogP) is 0.181. The van der Waals surface area contributed by atoms with Crippen LogP contribution in [0.1, 0.15) is 5.89 Å². The highest BCUT2D eigenvalue weighted by Gasteiger charge is 2.10. The maximum absolute atomic E-state index is 10.9. The number of pyridine rings is 1. The normalized spacial score (nSPS) is 11.6. The smallest absolute Gasteiger partial charge is 0.266 e. The molecular weight excluding hydrogens is 244 g/mol. The fraction of sp³-hybridized carbons (Fsp3) is 0.222. The van der Waals surface area contributed by atoms with E-state index in [1.54, 1.807) is 24.4 Å². The van der Waals surface area contributed by atoms with Crippen LogP contribution in [0.3, 0.4) is 0 Å². The second kappa shape index (κ2) is 4.60. The van der Waals surface area contributed by atoms with Gasteiger partial charge in [0, 0.05) is 6.20 Å². The fourth-order valence-electron chi connectivity index (χ4n) is 1.11. The van der Waals surface area contributed by atoms with Crippen molar-refractivity contribution in [3.05, 3.63) is 30.3 Å². The second-order valence-corrected chi connectivity index (χ2v) is 5.14. The van der Waals surface area contributed by atoms with Gasteiger partial charge in [0.05, 0.1) is 12.8 Å². The van der Waals surface area contributed by atoms with Gasteiger partial charge in [-0.3, -0.25) is 4.98 Å². The maximum atomic E-state index is 10.9. The van der Waals surface area contributed by atoms with Gasteiger partial charge in [0.2, 0.25) is 15.9 Å². The van der Waals surface area contributed by atoms with Crippen molar-refractivity contribution in [1.29, 1.82) is 0 Å². The van der Waals surface area contributed by atoms with Gasteiger partial charge in [-0.15, -0.1) is 10.2 Å². The van der Waals surface area contributed by atoms with Crippen LogP contribution in [0.15, 0.2) is 28.8 Å². The lowest BCUT2D eigenvalue weighted by Crippen LogP contribution is -2.21. The Morgan fingerprint density at radius 2 is 2.18 bits per heavy atom. The van der Waals surface area contributed by atoms with Crippen LogP contribution >= 0.6 is 0 Å². The van der Waals surface area contributed by atoms with Crippen molar-refractivity contribution in [3.8, 4) is 11.6 Å². The Bertz CT molecular complexity index is 594. The highest BCUT2D eigenvalue weighted by atomic mass is 32.2. The van der Waals surface area contributed by atoms with E-state index in [2.05, 4.69) is 19.9 Å². The summed E-state index contributed by atoms with van der Waals surface area (Å²) >= 11 is 0. The summed E-state index contributed by atoms with van der Waals surface area (Å²) in [6.45, 7) is -0.0291. The van der Waals surface area contributed by atoms with E-state index in [9.17, 15) is 8.42 Å². The summed E-state index contributed by atoms with van der Waals surface area (Å²) in [5.74, 6) is 0.451. The number of hydrogen-bond acceptors (Lipinski definition) is 6. The summed E-state index contributed by atoms with van der Waals surface area (Å²) in [5.41, 5.74) is 0.547. The van der Waals surface area contributed by atoms with Crippen molar-refractivity contribution in [2.45, 2.75) is 6.54 Å². The number of sulfonamides is 1. The van der Waals surface area contributed by atoms with Crippen molar-refractivity contribution in [3.63, 3.8) is 0 Å². The maximum Gasteiger partial charge on any atom is 0.266 e. The van der Waals surface area contributed by atoms with Crippen molar-refractivity contribution < 1.29 is 12.8 Å². The van der Waals surface area contributed by atoms with Crippen molar-refractivity contribution in [1.82, 2.24) is 19.9 Å². The lowest BCUT2D eigenvalue weighted by molar-refractivity contribution is 0.494. The standard InChI is InChI=1S/C9H10N4O3S/c1-17(14,15)11-6-8-12-13-9(16-8)7-4-2-3-5-10-7/h2-5,11H,6H2,1H3. The number of hydrogen-bond donors (Lipinski definition) is 1. The van der Waals surface area contributed by atoms with Crippen molar-refractivity contribution >= 4 is 10.0 Å². The zero-order valence-electron chi connectivity index (χ0n) is 8.99. The van der Waals surface area contributed by atoms with E-state index >= 15 is 0 Å². The third-order valence-electron chi connectivity index (χ3n) is 1.84. The first-order valence-electron chi connectivity index (χ1n) is 4.73. The molecule has 0 unspecified atom stereocenters. The van der Waals surface area contributed by atoms with E-state index in [0.29, 0.717) is 5.69 Å². The average Bonchev–Trinajstić information content (AvgIpc) is 2.75. The van der Waals surface area contributed by atoms with Gasteiger partial charge in [0.15, 0.2) is 0 Å². The molecule has 17 heavy (non-hydrogen) atoms. The molecule has 0 aliphatic rings. The molecule has 2 aromatic rings. The third kappa shape index (κ3) is 3.33. The Balaban J connectivity index is 2.12. The van der Waals surface area contributed by atoms with Crippen molar-refractivity contribution in [2.75, 3.05) is 6.26 Å². The Morgan fingerprint density at radius 3 is 2.82 bits per heavy atom. The largest absolute Gasteiger partial charge is 0.418 e. The van der Waals surface area contributed by atoms with Gasteiger partial charge in [0.1, 0.15) is 5.69 Å². The topological polar surface area (TPSA) is 98.0 Å². The number of rotatable bonds is 4. The monoisotopic (exact) mass is 254 g/mol. The highest BCUT2D eigenvalue weighted by Crippen LogP contribution is 2.13. The Labute approximate surface area is 98.0 Å². The Morgan fingerprint density at radius 1 is 1.35 bits per heavy atom. The minimum Gasteiger partial charge on any atom is -0.418 e. The van der Waals surface area contributed by atoms with Crippen LogP contribution in [0.4, 0.5) is 0 Å². The quantitative estimate of drug-likeness (QED) is 0.835. The van der Waals surface area contributed by atoms with Crippen LogP contribution in [-0.2, 0) is 16.6 Å². The number of nitrogens with zero attached hydrogens (tertiary/aromatic N) is 3. The van der Waals surface area contributed by atoms with E-state index in [0.717, 1.165) is 6.26 Å². The first-order valence-corrected chi connectivity index (χ1v) is 6.62. The van der Waals surface area contributed by atoms with Gasteiger partial charge < -0.3 is 4.42 Å². The van der Waals surface area contributed by atoms with Crippen LogP contribution in [0.5, 0.6) is 0 Å². The van der Waals surface area contributed by atoms with Crippen LogP contribution in [0.2, 0.25) is 0 Å². The molecule has 7 nitrogen and oxygen atoms in total. The van der Waals surface area contributed by atoms with Crippen LogP contribution < -0.4 is 4.72 Å². The minimum absolute atomic E-state index is 0.0291. The van der Waals surface area contributed by atoms with E-state index in [1.807, 2.05) is 0 Å². The summed E-state index contributed by atoms with van der Waals surface area (Å²) in [6.07, 6.45) is 2.66. The number of nitrogens with one attached hydrogen (secondary N) is 1. The fourth-order valence-corrected chi connectivity index (χ4v) is 1.50. The molecule has 8 heteroatoms. The molecule has 2 rings (SSSR count). The summed E-state index contributed by atoms with van der Waals surface area (Å²) in [4.78, 5) is 4.04. The molecule has 2 aromatic heterocycles. The molecule has 0 radical (unpaired) electrons. The lowest BCUT2D eigenvalue weighted by Gasteiger charge is -1.96. The van der Waals surface area contributed by atoms with Gasteiger partial charge >= 0.3 is 0 Å². The highest BCUT2D eigenvalue weighted by molar-refractivity contribution is 7.88. The molecule has 90 valence electrons. The first kappa shape index (κ1) is 11.7. The van der Waals surface area contributed by atoms with E-state index in [1.165, 1.54) is 0 Å². The molecule has 0 saturated carbocycles. The molecule has 0 saturated heterocycles. The molecule has 0 aliphatic carbocycles. The molecule has 0 spiro atoms. The van der Waals surface area contributed by atoms with Gasteiger partial charge in [-0.1, -0.05) is 6.07 Å². The van der Waals surface area contributed by atoms with Gasteiger partial charge in [-0.2, -0.15) is 0 Å². The van der Waals surface area contributed by atoms with E-state index in [4.69, 9.17) is 4.42 Å². The average molecular weight is 254 g/mol. The van der Waals surface area contributed by atoms with Crippen LogP contribution in [0.25, 0.3) is 11.6 Å². The summed E-state index contributed by atoms with van der Waals surface area (Å²) < 4.78 is 29.2. The SMILES string of the molecule is CS(=O)(=O)NCc1nnc(-c2ccccn2)o1. The summed E-state index contributed by atoms with van der Waals surface area (Å²) in [6, 6.07) is 5.29. The van der Waals surface area contributed by atoms with Crippen LogP contribution in [0, 0.1) is 0 Å². The Kier molecular flexibility index (Phi) is 3.16. The van der Waals surface area contributed by atoms with Gasteiger partial charge in [0.25, 0.3) is 5.89 Å². The molecule has 0 bridgehead atoms. The van der Waals surface area contributed by atoms with Gasteiger partial charge in [-0.25, -0.2) is 13.1 Å². The van der Waals surface area contributed by atoms with Crippen LogP contribution in [-0.4, -0.2) is 29.9 Å². The number of aromatic nitrogens is 3. The zero-order valence-corrected chi connectivity index (χ0v) is 9.81. The summed E-state index contributed by atoms with van der Waals surface area (Å²) in [7, 11) is -3.27. The molecule has 2 heterocycles. The van der Waals surface area contributed by atoms with Crippen molar-refractivity contribution in [2.24, 2.45) is 0 Å². The third-order valence-corrected chi connectivity index (χ3v) is 2.51. The molecule has 0 atom stereocenters. The molecule has 0 amide bonds. The first-order chi connectivity index (χ1) is 8.04.